The van der Waals surface area contributed by atoms with Crippen LogP contribution in [0.4, 0.5) is 9.18 Å². The molecule has 1 atom stereocenters. The summed E-state index contributed by atoms with van der Waals surface area (Å²) < 4.78 is 18.7. The molecule has 2 aromatic carbocycles. The highest BCUT2D eigenvalue weighted by Crippen LogP contribution is 2.26. The minimum atomic E-state index is -1.20. The van der Waals surface area contributed by atoms with Gasteiger partial charge in [-0.3, -0.25) is 10.1 Å². The lowest BCUT2D eigenvalue weighted by Crippen LogP contribution is -2.32. The second-order valence-electron chi connectivity index (χ2n) is 5.40. The van der Waals surface area contributed by atoms with Crippen molar-refractivity contribution in [2.24, 2.45) is 0 Å². The Morgan fingerprint density at radius 3 is 2.48 bits per heavy atom. The molecule has 0 aliphatic heterocycles. The van der Waals surface area contributed by atoms with E-state index >= 15 is 0 Å². The lowest BCUT2D eigenvalue weighted by molar-refractivity contribution is -0.131. The summed E-state index contributed by atoms with van der Waals surface area (Å²) in [5, 5.41) is 20.0. The molecule has 2 amide bonds. The predicted molar refractivity (Wildman–Crippen MR) is 92.6 cm³/mol. The molecule has 0 aliphatic carbocycles. The number of carboxylic acids is 1. The molecule has 0 unspecified atom stereocenters. The number of rotatable bonds is 6. The van der Waals surface area contributed by atoms with Crippen LogP contribution in [0.15, 0.2) is 60.7 Å². The predicted octanol–water partition coefficient (Wildman–Crippen LogP) is 3.17. The van der Waals surface area contributed by atoms with Crippen molar-refractivity contribution >= 4 is 18.0 Å². The number of halogens is 1. The Hall–Kier alpha value is -3.68. The van der Waals surface area contributed by atoms with Gasteiger partial charge in [0.2, 0.25) is 0 Å². The number of phenols is 1. The quantitative estimate of drug-likeness (QED) is 0.671. The summed E-state index contributed by atoms with van der Waals surface area (Å²) in [4.78, 5) is 34.6. The second-order valence-corrected chi connectivity index (χ2v) is 5.40. The number of nitrogens with one attached hydrogen (secondary N) is 1. The maximum atomic E-state index is 13.6. The summed E-state index contributed by atoms with van der Waals surface area (Å²) in [6.45, 7) is 0. The molecule has 0 bridgehead atoms. The molecule has 0 heterocycles. The van der Waals surface area contributed by atoms with Crippen molar-refractivity contribution in [1.82, 2.24) is 5.32 Å². The summed E-state index contributed by atoms with van der Waals surface area (Å²) in [6, 6.07) is 11.3. The SMILES string of the molecule is O=C(O)/C=C/C[C@@H](OC(=O)NC(=O)c1ccccc1)c1ccc(O)c(F)c1. The van der Waals surface area contributed by atoms with Crippen LogP contribution in [-0.4, -0.2) is 28.2 Å². The average Bonchev–Trinajstić information content (AvgIpc) is 2.63. The van der Waals surface area contributed by atoms with Crippen LogP contribution in [0.25, 0.3) is 0 Å². The van der Waals surface area contributed by atoms with E-state index in [9.17, 15) is 23.9 Å². The van der Waals surface area contributed by atoms with E-state index < -0.39 is 35.6 Å². The molecule has 2 rings (SSSR count). The second kappa shape index (κ2) is 9.14. The van der Waals surface area contributed by atoms with E-state index in [0.29, 0.717) is 0 Å². The molecule has 0 spiro atoms. The van der Waals surface area contributed by atoms with Crippen molar-refractivity contribution in [3.63, 3.8) is 0 Å². The summed E-state index contributed by atoms with van der Waals surface area (Å²) in [6.07, 6.45) is -0.154. The molecule has 0 fully saturated rings. The highest BCUT2D eigenvalue weighted by molar-refractivity contribution is 6.02. The van der Waals surface area contributed by atoms with E-state index in [1.807, 2.05) is 5.32 Å². The van der Waals surface area contributed by atoms with Crippen LogP contribution in [0.3, 0.4) is 0 Å². The molecule has 7 nitrogen and oxygen atoms in total. The number of imide groups is 1. The number of aromatic hydroxyl groups is 1. The van der Waals surface area contributed by atoms with Gasteiger partial charge in [0.05, 0.1) is 0 Å². The van der Waals surface area contributed by atoms with Crippen molar-refractivity contribution in [3.05, 3.63) is 77.6 Å². The Labute approximate surface area is 153 Å². The number of carboxylic acid groups (broad SMARTS) is 1. The van der Waals surface area contributed by atoms with E-state index in [-0.39, 0.29) is 17.5 Å². The van der Waals surface area contributed by atoms with E-state index in [2.05, 4.69) is 0 Å². The molecule has 0 aromatic heterocycles. The van der Waals surface area contributed by atoms with E-state index in [4.69, 9.17) is 9.84 Å². The first-order valence-corrected chi connectivity index (χ1v) is 7.81. The zero-order chi connectivity index (χ0) is 19.8. The van der Waals surface area contributed by atoms with Gasteiger partial charge in [-0.1, -0.05) is 30.3 Å². The van der Waals surface area contributed by atoms with Crippen LogP contribution in [0.1, 0.15) is 28.4 Å². The number of hydrogen-bond acceptors (Lipinski definition) is 5. The Kier molecular flexibility index (Phi) is 6.65. The smallest absolute Gasteiger partial charge is 0.414 e. The first-order chi connectivity index (χ1) is 12.9. The molecule has 2 aromatic rings. The number of aliphatic carboxylic acids is 1. The Morgan fingerprint density at radius 2 is 1.85 bits per heavy atom. The summed E-state index contributed by atoms with van der Waals surface area (Å²) >= 11 is 0. The molecule has 0 aliphatic rings. The van der Waals surface area contributed by atoms with Gasteiger partial charge in [-0.25, -0.2) is 14.0 Å². The van der Waals surface area contributed by atoms with E-state index in [0.717, 1.165) is 18.2 Å². The fourth-order valence-electron chi connectivity index (χ4n) is 2.18. The highest BCUT2D eigenvalue weighted by Gasteiger charge is 2.19. The molecule has 8 heteroatoms. The van der Waals surface area contributed by atoms with Gasteiger partial charge in [0.25, 0.3) is 5.91 Å². The van der Waals surface area contributed by atoms with Crippen LogP contribution >= 0.6 is 0 Å². The van der Waals surface area contributed by atoms with E-state index in [1.165, 1.54) is 24.3 Å². The minimum absolute atomic E-state index is 0.0799. The normalized spacial score (nSPS) is 11.7. The number of hydrogen-bond donors (Lipinski definition) is 3. The van der Waals surface area contributed by atoms with Crippen LogP contribution < -0.4 is 5.32 Å². The number of carbonyl (C=O) groups excluding carboxylic acids is 2. The van der Waals surface area contributed by atoms with Crippen LogP contribution in [0, 0.1) is 5.82 Å². The van der Waals surface area contributed by atoms with E-state index in [1.54, 1.807) is 18.2 Å². The first kappa shape index (κ1) is 19.6. The van der Waals surface area contributed by atoms with Gasteiger partial charge >= 0.3 is 12.1 Å². The Bertz CT molecular complexity index is 866. The van der Waals surface area contributed by atoms with Crippen molar-refractivity contribution in [3.8, 4) is 5.75 Å². The van der Waals surface area contributed by atoms with Crippen LogP contribution in [0.5, 0.6) is 5.75 Å². The van der Waals surface area contributed by atoms with Gasteiger partial charge in [0, 0.05) is 18.1 Å². The standard InChI is InChI=1S/C19H16FNO6/c20-14-11-13(9-10-15(14)22)16(7-4-8-17(23)24)27-19(26)21-18(25)12-5-2-1-3-6-12/h1-6,8-11,16,22H,7H2,(H,23,24)(H,21,25,26)/b8-4+/t16-/m1/s1. The third-order valence-corrected chi connectivity index (χ3v) is 3.45. The van der Waals surface area contributed by atoms with Gasteiger partial charge < -0.3 is 14.9 Å². The lowest BCUT2D eigenvalue weighted by Gasteiger charge is -2.17. The average molecular weight is 373 g/mol. The first-order valence-electron chi connectivity index (χ1n) is 7.81. The van der Waals surface area contributed by atoms with Crippen molar-refractivity contribution in [2.45, 2.75) is 12.5 Å². The Morgan fingerprint density at radius 1 is 1.15 bits per heavy atom. The summed E-state index contributed by atoms with van der Waals surface area (Å²) in [5.74, 6) is -3.39. The zero-order valence-electron chi connectivity index (χ0n) is 14.0. The van der Waals surface area contributed by atoms with Crippen molar-refractivity contribution < 1.29 is 33.7 Å². The largest absolute Gasteiger partial charge is 0.505 e. The fourth-order valence-corrected chi connectivity index (χ4v) is 2.18. The number of benzene rings is 2. The maximum absolute atomic E-state index is 13.6. The third-order valence-electron chi connectivity index (χ3n) is 3.45. The highest BCUT2D eigenvalue weighted by atomic mass is 19.1. The Balaban J connectivity index is 2.12. The summed E-state index contributed by atoms with van der Waals surface area (Å²) in [5.41, 5.74) is 0.426. The van der Waals surface area contributed by atoms with Crippen molar-refractivity contribution in [2.75, 3.05) is 0 Å². The van der Waals surface area contributed by atoms with Gasteiger partial charge in [-0.15, -0.1) is 0 Å². The molecule has 0 saturated heterocycles. The van der Waals surface area contributed by atoms with Gasteiger partial charge in [-0.2, -0.15) is 0 Å². The van der Waals surface area contributed by atoms with Crippen LogP contribution in [-0.2, 0) is 9.53 Å². The molecule has 0 radical (unpaired) electrons. The molecule has 140 valence electrons. The maximum Gasteiger partial charge on any atom is 0.414 e. The monoisotopic (exact) mass is 373 g/mol. The van der Waals surface area contributed by atoms with Gasteiger partial charge in [0.1, 0.15) is 6.10 Å². The van der Waals surface area contributed by atoms with Crippen molar-refractivity contribution in [1.29, 1.82) is 0 Å². The molecule has 3 N–H and O–H groups in total. The summed E-state index contributed by atoms with van der Waals surface area (Å²) in [7, 11) is 0. The molecular weight excluding hydrogens is 357 g/mol. The lowest BCUT2D eigenvalue weighted by atomic mass is 10.1. The number of amides is 2. The molecule has 0 saturated carbocycles. The molecular formula is C19H16FNO6. The molecule has 27 heavy (non-hydrogen) atoms. The van der Waals surface area contributed by atoms with Gasteiger partial charge in [-0.05, 0) is 29.8 Å². The number of carbonyl (C=O) groups is 3. The third kappa shape index (κ3) is 5.96. The number of phenolic OH excluding ortho intramolecular Hbond substituents is 1. The fraction of sp³-hybridized carbons (Fsp3) is 0.105. The zero-order valence-corrected chi connectivity index (χ0v) is 14.0. The number of ether oxygens (including phenoxy) is 1. The topological polar surface area (TPSA) is 113 Å². The van der Waals surface area contributed by atoms with Crippen LogP contribution in [0.2, 0.25) is 0 Å². The minimum Gasteiger partial charge on any atom is -0.505 e. The van der Waals surface area contributed by atoms with Gasteiger partial charge in [0.15, 0.2) is 11.6 Å². The number of alkyl carbamates (subject to hydrolysis) is 1.